The van der Waals surface area contributed by atoms with Crippen LogP contribution in [0.3, 0.4) is 0 Å². The Morgan fingerprint density at radius 2 is 1.84 bits per heavy atom. The van der Waals surface area contributed by atoms with Gasteiger partial charge in [-0.15, -0.1) is 0 Å². The monoisotopic (exact) mass is 854 g/mol. The SMILES string of the molecule is CCOC(=O)C1=C(C)N=c2s/c(=C\c3cc(I)cc(I)c3OCc3ccccc3F)c(=O)n2[C@@H]1c1ccc(OC)c(OCC)c1. The number of esters is 1. The molecule has 0 saturated carbocycles. The summed E-state index contributed by atoms with van der Waals surface area (Å²) >= 11 is 5.60. The van der Waals surface area contributed by atoms with Crippen molar-refractivity contribution in [3.8, 4) is 17.2 Å². The Morgan fingerprint density at radius 3 is 2.56 bits per heavy atom. The van der Waals surface area contributed by atoms with Crippen LogP contribution in [0.5, 0.6) is 17.2 Å². The van der Waals surface area contributed by atoms with Crippen molar-refractivity contribution in [3.63, 3.8) is 0 Å². The van der Waals surface area contributed by atoms with Gasteiger partial charge < -0.3 is 18.9 Å². The standard InChI is InChI=1S/C33H29FI2N2O6S/c1-5-42-26-14-19(11-12-25(26)41-4)29-28(32(40)43-6-2)18(3)37-33-38(29)31(39)27(45-33)15-21-13-22(35)16-24(36)30(21)44-17-20-9-7-8-10-23(20)34/h7-16,29H,5-6,17H2,1-4H3/b27-15-/t29-/m1/s1. The van der Waals surface area contributed by atoms with Gasteiger partial charge in [-0.3, -0.25) is 9.36 Å². The van der Waals surface area contributed by atoms with Crippen molar-refractivity contribution in [2.45, 2.75) is 33.4 Å². The van der Waals surface area contributed by atoms with Crippen LogP contribution in [0.15, 0.2) is 75.7 Å². The smallest absolute Gasteiger partial charge is 0.338 e. The Kier molecular flexibility index (Phi) is 10.6. The van der Waals surface area contributed by atoms with E-state index >= 15 is 0 Å². The predicted octanol–water partition coefficient (Wildman–Crippen LogP) is 6.13. The van der Waals surface area contributed by atoms with Crippen molar-refractivity contribution >= 4 is 68.6 Å². The van der Waals surface area contributed by atoms with Gasteiger partial charge in [-0.25, -0.2) is 14.2 Å². The molecule has 1 aliphatic heterocycles. The van der Waals surface area contributed by atoms with Crippen LogP contribution in [0.2, 0.25) is 0 Å². The fourth-order valence-corrected chi connectivity index (χ4v) is 8.07. The van der Waals surface area contributed by atoms with Crippen molar-refractivity contribution in [2.75, 3.05) is 20.3 Å². The number of nitrogens with zero attached hydrogens (tertiary/aromatic N) is 2. The second-order valence-corrected chi connectivity index (χ2v) is 13.2. The van der Waals surface area contributed by atoms with Gasteiger partial charge >= 0.3 is 5.97 Å². The number of carbonyl (C=O) groups excluding carboxylic acids is 1. The molecule has 2 heterocycles. The topological polar surface area (TPSA) is 88.4 Å². The fraction of sp³-hybridized carbons (Fsp3) is 0.242. The normalized spacial score (nSPS) is 14.6. The zero-order valence-corrected chi connectivity index (χ0v) is 30.0. The maximum atomic E-state index is 14.3. The van der Waals surface area contributed by atoms with E-state index in [-0.39, 0.29) is 30.2 Å². The fourth-order valence-electron chi connectivity index (χ4n) is 4.98. The summed E-state index contributed by atoms with van der Waals surface area (Å²) in [6.45, 7) is 5.92. The first kappa shape index (κ1) is 33.1. The van der Waals surface area contributed by atoms with E-state index in [2.05, 4.69) is 50.2 Å². The summed E-state index contributed by atoms with van der Waals surface area (Å²) in [5, 5.41) is 0. The van der Waals surface area contributed by atoms with Crippen LogP contribution in [0.4, 0.5) is 4.39 Å². The maximum Gasteiger partial charge on any atom is 0.338 e. The molecule has 1 aliphatic rings. The minimum absolute atomic E-state index is 0.0209. The quantitative estimate of drug-likeness (QED) is 0.141. The number of fused-ring (bicyclic) bond motifs is 1. The zero-order chi connectivity index (χ0) is 32.2. The molecular formula is C33H29FI2N2O6S. The van der Waals surface area contributed by atoms with Gasteiger partial charge in [0, 0.05) is 14.7 Å². The number of halogens is 3. The summed E-state index contributed by atoms with van der Waals surface area (Å²) in [6.07, 6.45) is 1.75. The molecule has 0 saturated heterocycles. The van der Waals surface area contributed by atoms with E-state index in [0.717, 1.165) is 7.14 Å². The largest absolute Gasteiger partial charge is 0.493 e. The molecule has 0 bridgehead atoms. The van der Waals surface area contributed by atoms with E-state index in [1.165, 1.54) is 22.0 Å². The number of aromatic nitrogens is 1. The number of carbonyl (C=O) groups is 1. The van der Waals surface area contributed by atoms with Crippen molar-refractivity contribution < 1.29 is 28.1 Å². The summed E-state index contributed by atoms with van der Waals surface area (Å²) in [5.41, 5.74) is 2.11. The molecule has 0 radical (unpaired) electrons. The molecule has 0 N–H and O–H groups in total. The molecule has 12 heteroatoms. The van der Waals surface area contributed by atoms with Gasteiger partial charge in [0.25, 0.3) is 5.56 Å². The van der Waals surface area contributed by atoms with Crippen LogP contribution < -0.4 is 29.1 Å². The second kappa shape index (κ2) is 14.5. The van der Waals surface area contributed by atoms with E-state index in [0.29, 0.717) is 55.6 Å². The number of benzene rings is 3. The highest BCUT2D eigenvalue weighted by Crippen LogP contribution is 2.36. The third-order valence-electron chi connectivity index (χ3n) is 6.97. The summed E-state index contributed by atoms with van der Waals surface area (Å²) in [5.74, 6) is 0.640. The number of allylic oxidation sites excluding steroid dienone is 1. The molecule has 4 aromatic rings. The number of ether oxygens (including phenoxy) is 4. The molecule has 0 spiro atoms. The highest BCUT2D eigenvalue weighted by molar-refractivity contribution is 14.1. The molecule has 1 atom stereocenters. The minimum atomic E-state index is -0.819. The van der Waals surface area contributed by atoms with E-state index < -0.39 is 12.0 Å². The first-order chi connectivity index (χ1) is 21.7. The Balaban J connectivity index is 1.68. The van der Waals surface area contributed by atoms with Crippen LogP contribution in [0, 0.1) is 13.0 Å². The maximum absolute atomic E-state index is 14.3. The van der Waals surface area contributed by atoms with Gasteiger partial charge in [0.05, 0.1) is 45.7 Å². The lowest BCUT2D eigenvalue weighted by molar-refractivity contribution is -0.139. The third-order valence-corrected chi connectivity index (χ3v) is 9.38. The van der Waals surface area contributed by atoms with Crippen LogP contribution in [0.25, 0.3) is 6.08 Å². The molecular weight excluding hydrogens is 825 g/mol. The van der Waals surface area contributed by atoms with Gasteiger partial charge in [0.15, 0.2) is 16.3 Å². The highest BCUT2D eigenvalue weighted by Gasteiger charge is 2.34. The van der Waals surface area contributed by atoms with Gasteiger partial charge in [-0.1, -0.05) is 35.6 Å². The van der Waals surface area contributed by atoms with Crippen molar-refractivity contribution in [1.29, 1.82) is 0 Å². The summed E-state index contributed by atoms with van der Waals surface area (Å²) in [4.78, 5) is 32.7. The average molecular weight is 854 g/mol. The van der Waals surface area contributed by atoms with E-state index in [4.69, 9.17) is 18.9 Å². The number of thiazole rings is 1. The van der Waals surface area contributed by atoms with Crippen LogP contribution in [0.1, 0.15) is 43.5 Å². The summed E-state index contributed by atoms with van der Waals surface area (Å²) in [7, 11) is 1.55. The first-order valence-corrected chi connectivity index (χ1v) is 17.0. The first-order valence-electron chi connectivity index (χ1n) is 14.0. The lowest BCUT2D eigenvalue weighted by atomic mass is 9.95. The van der Waals surface area contributed by atoms with Crippen molar-refractivity contribution in [2.24, 2.45) is 4.99 Å². The van der Waals surface area contributed by atoms with Crippen molar-refractivity contribution in [1.82, 2.24) is 4.57 Å². The van der Waals surface area contributed by atoms with E-state index in [1.807, 2.05) is 19.1 Å². The van der Waals surface area contributed by atoms with Crippen molar-refractivity contribution in [3.05, 3.63) is 115 Å². The van der Waals surface area contributed by atoms with Gasteiger partial charge in [-0.2, -0.15) is 0 Å². The number of hydrogen-bond donors (Lipinski definition) is 0. The molecule has 0 fully saturated rings. The molecule has 234 valence electrons. The van der Waals surface area contributed by atoms with Gasteiger partial charge in [-0.05, 0) is 108 Å². The third kappa shape index (κ3) is 6.97. The molecule has 5 rings (SSSR count). The Morgan fingerprint density at radius 1 is 1.07 bits per heavy atom. The summed E-state index contributed by atoms with van der Waals surface area (Å²) in [6, 6.07) is 14.8. The predicted molar refractivity (Wildman–Crippen MR) is 187 cm³/mol. The molecule has 0 unspecified atom stereocenters. The molecule has 1 aromatic heterocycles. The average Bonchev–Trinajstić information content (AvgIpc) is 3.30. The second-order valence-electron chi connectivity index (χ2n) is 9.83. The van der Waals surface area contributed by atoms with E-state index in [9.17, 15) is 14.0 Å². The number of hydrogen-bond acceptors (Lipinski definition) is 8. The Labute approximate surface area is 290 Å². The highest BCUT2D eigenvalue weighted by atomic mass is 127. The molecule has 8 nitrogen and oxygen atoms in total. The minimum Gasteiger partial charge on any atom is -0.493 e. The number of rotatable bonds is 10. The van der Waals surface area contributed by atoms with Crippen LogP contribution in [-0.2, 0) is 16.1 Å². The van der Waals surface area contributed by atoms with Crippen LogP contribution in [-0.4, -0.2) is 30.9 Å². The number of methoxy groups -OCH3 is 1. The summed E-state index contributed by atoms with van der Waals surface area (Å²) < 4.78 is 40.9. The molecule has 45 heavy (non-hydrogen) atoms. The van der Waals surface area contributed by atoms with Crippen LogP contribution >= 0.6 is 56.5 Å². The lowest BCUT2D eigenvalue weighted by Gasteiger charge is -2.25. The van der Waals surface area contributed by atoms with Gasteiger partial charge in [0.1, 0.15) is 18.2 Å². The molecule has 0 amide bonds. The van der Waals surface area contributed by atoms with E-state index in [1.54, 1.807) is 63.4 Å². The Bertz CT molecular complexity index is 1990. The molecule has 0 aliphatic carbocycles. The lowest BCUT2D eigenvalue weighted by Crippen LogP contribution is -2.40. The Hall–Kier alpha value is -3.24. The van der Waals surface area contributed by atoms with Gasteiger partial charge in [0.2, 0.25) is 0 Å². The molecule has 3 aromatic carbocycles. The zero-order valence-electron chi connectivity index (χ0n) is 24.9.